The van der Waals surface area contributed by atoms with Crippen molar-refractivity contribution in [2.24, 2.45) is 11.8 Å². The SMILES string of the molecule is CCC(CC)C(CNC)c1ccc(OCC(C)C)cc1. The maximum atomic E-state index is 5.76. The number of hydrogen-bond acceptors (Lipinski definition) is 2. The molecule has 0 amide bonds. The zero-order chi connectivity index (χ0) is 15.0. The van der Waals surface area contributed by atoms with Gasteiger partial charge >= 0.3 is 0 Å². The lowest BCUT2D eigenvalue weighted by molar-refractivity contribution is 0.271. The predicted octanol–water partition coefficient (Wildman–Crippen LogP) is 4.46. The van der Waals surface area contributed by atoms with Gasteiger partial charge in [0.25, 0.3) is 0 Å². The molecule has 2 heteroatoms. The van der Waals surface area contributed by atoms with Crippen LogP contribution in [0.5, 0.6) is 5.75 Å². The Balaban J connectivity index is 2.76. The number of ether oxygens (including phenoxy) is 1. The summed E-state index contributed by atoms with van der Waals surface area (Å²) in [7, 11) is 2.04. The van der Waals surface area contributed by atoms with Crippen LogP contribution in [0.15, 0.2) is 24.3 Å². The van der Waals surface area contributed by atoms with Gasteiger partial charge in [0.15, 0.2) is 0 Å². The van der Waals surface area contributed by atoms with Crippen LogP contribution in [0.4, 0.5) is 0 Å². The average molecular weight is 277 g/mol. The van der Waals surface area contributed by atoms with Crippen LogP contribution in [0.25, 0.3) is 0 Å². The lowest BCUT2D eigenvalue weighted by atomic mass is 9.82. The number of likely N-dealkylation sites (N-methyl/N-ethyl adjacent to an activating group) is 1. The van der Waals surface area contributed by atoms with Gasteiger partial charge in [-0.1, -0.05) is 52.7 Å². The van der Waals surface area contributed by atoms with Gasteiger partial charge in [-0.15, -0.1) is 0 Å². The van der Waals surface area contributed by atoms with E-state index in [1.54, 1.807) is 0 Å². The number of benzene rings is 1. The van der Waals surface area contributed by atoms with Gasteiger partial charge in [0.2, 0.25) is 0 Å². The van der Waals surface area contributed by atoms with E-state index in [-0.39, 0.29) is 0 Å². The summed E-state index contributed by atoms with van der Waals surface area (Å²) in [5.41, 5.74) is 1.42. The quantitative estimate of drug-likeness (QED) is 0.719. The Labute approximate surface area is 124 Å². The van der Waals surface area contributed by atoms with Crippen molar-refractivity contribution in [1.82, 2.24) is 5.32 Å². The largest absolute Gasteiger partial charge is 0.493 e. The summed E-state index contributed by atoms with van der Waals surface area (Å²) in [5.74, 6) is 2.88. The molecule has 0 aromatic heterocycles. The van der Waals surface area contributed by atoms with Crippen molar-refractivity contribution in [3.05, 3.63) is 29.8 Å². The molecule has 1 aromatic rings. The Bertz CT molecular complexity index is 354. The minimum absolute atomic E-state index is 0.566. The molecule has 2 nitrogen and oxygen atoms in total. The topological polar surface area (TPSA) is 21.3 Å². The third-order valence-corrected chi connectivity index (χ3v) is 3.93. The van der Waals surface area contributed by atoms with Crippen molar-refractivity contribution < 1.29 is 4.74 Å². The molecule has 1 aromatic carbocycles. The fraction of sp³-hybridized carbons (Fsp3) is 0.667. The predicted molar refractivity (Wildman–Crippen MR) is 87.5 cm³/mol. The third-order valence-electron chi connectivity index (χ3n) is 3.93. The number of hydrogen-bond donors (Lipinski definition) is 1. The second-order valence-electron chi connectivity index (χ2n) is 6.01. The van der Waals surface area contributed by atoms with E-state index in [1.807, 2.05) is 7.05 Å². The van der Waals surface area contributed by atoms with E-state index >= 15 is 0 Å². The number of nitrogens with one attached hydrogen (secondary N) is 1. The van der Waals surface area contributed by atoms with Crippen LogP contribution in [0, 0.1) is 11.8 Å². The molecule has 0 aliphatic heterocycles. The van der Waals surface area contributed by atoms with Crippen LogP contribution < -0.4 is 10.1 Å². The van der Waals surface area contributed by atoms with Crippen molar-refractivity contribution in [1.29, 1.82) is 0 Å². The monoisotopic (exact) mass is 277 g/mol. The fourth-order valence-electron chi connectivity index (χ4n) is 2.71. The van der Waals surface area contributed by atoms with Crippen molar-refractivity contribution in [3.63, 3.8) is 0 Å². The molecule has 0 aliphatic rings. The molecule has 0 saturated heterocycles. The first-order valence-electron chi connectivity index (χ1n) is 7.99. The summed E-state index contributed by atoms with van der Waals surface area (Å²) >= 11 is 0. The van der Waals surface area contributed by atoms with E-state index in [4.69, 9.17) is 4.74 Å². The van der Waals surface area contributed by atoms with Crippen molar-refractivity contribution in [2.75, 3.05) is 20.2 Å². The van der Waals surface area contributed by atoms with Crippen molar-refractivity contribution >= 4 is 0 Å². The first kappa shape index (κ1) is 17.0. The van der Waals surface area contributed by atoms with Gasteiger partial charge in [-0.25, -0.2) is 0 Å². The minimum atomic E-state index is 0.566. The van der Waals surface area contributed by atoms with Crippen LogP contribution in [-0.2, 0) is 0 Å². The highest BCUT2D eigenvalue weighted by Gasteiger charge is 2.19. The van der Waals surface area contributed by atoms with Gasteiger partial charge in [0.1, 0.15) is 5.75 Å². The second-order valence-corrected chi connectivity index (χ2v) is 6.01. The Kier molecular flexibility index (Phi) is 7.68. The normalized spacial score (nSPS) is 12.9. The lowest BCUT2D eigenvalue weighted by Gasteiger charge is -2.26. The van der Waals surface area contributed by atoms with Crippen molar-refractivity contribution in [3.8, 4) is 5.75 Å². The Morgan fingerprint density at radius 1 is 1.05 bits per heavy atom. The Hall–Kier alpha value is -1.02. The van der Waals surface area contributed by atoms with Gasteiger partial charge in [-0.2, -0.15) is 0 Å². The first-order valence-corrected chi connectivity index (χ1v) is 7.99. The van der Waals surface area contributed by atoms with Crippen LogP contribution >= 0.6 is 0 Å². The smallest absolute Gasteiger partial charge is 0.119 e. The van der Waals surface area contributed by atoms with Crippen LogP contribution in [0.1, 0.15) is 52.0 Å². The zero-order valence-corrected chi connectivity index (χ0v) is 13.8. The molecule has 0 spiro atoms. The van der Waals surface area contributed by atoms with E-state index in [1.165, 1.54) is 18.4 Å². The first-order chi connectivity index (χ1) is 9.62. The van der Waals surface area contributed by atoms with Gasteiger partial charge in [-0.05, 0) is 42.5 Å². The molecule has 1 rings (SSSR count). The molecule has 0 saturated carbocycles. The highest BCUT2D eigenvalue weighted by Crippen LogP contribution is 2.30. The van der Waals surface area contributed by atoms with E-state index in [0.29, 0.717) is 11.8 Å². The molecule has 20 heavy (non-hydrogen) atoms. The fourth-order valence-corrected chi connectivity index (χ4v) is 2.71. The van der Waals surface area contributed by atoms with Crippen molar-refractivity contribution in [2.45, 2.75) is 46.5 Å². The maximum absolute atomic E-state index is 5.76. The third kappa shape index (κ3) is 5.16. The molecule has 114 valence electrons. The lowest BCUT2D eigenvalue weighted by Crippen LogP contribution is -2.23. The van der Waals surface area contributed by atoms with Gasteiger partial charge < -0.3 is 10.1 Å². The van der Waals surface area contributed by atoms with E-state index < -0.39 is 0 Å². The molecule has 0 heterocycles. The molecule has 0 fully saturated rings. The maximum Gasteiger partial charge on any atom is 0.119 e. The molecule has 1 atom stereocenters. The molecule has 1 unspecified atom stereocenters. The second kappa shape index (κ2) is 9.02. The summed E-state index contributed by atoms with van der Waals surface area (Å²) in [5, 5.41) is 3.34. The highest BCUT2D eigenvalue weighted by molar-refractivity contribution is 5.30. The summed E-state index contributed by atoms with van der Waals surface area (Å²) in [6, 6.07) is 8.69. The Morgan fingerprint density at radius 3 is 2.10 bits per heavy atom. The van der Waals surface area contributed by atoms with Crippen LogP contribution in [0.3, 0.4) is 0 Å². The van der Waals surface area contributed by atoms with E-state index in [9.17, 15) is 0 Å². The molecular weight excluding hydrogens is 246 g/mol. The standard InChI is InChI=1S/C18H31NO/c1-6-15(7-2)18(12-19-5)16-8-10-17(11-9-16)20-13-14(3)4/h8-11,14-15,18-19H,6-7,12-13H2,1-5H3. The molecule has 0 aliphatic carbocycles. The van der Waals surface area contributed by atoms with Crippen LogP contribution in [-0.4, -0.2) is 20.2 Å². The van der Waals surface area contributed by atoms with Crippen LogP contribution in [0.2, 0.25) is 0 Å². The molecule has 0 bridgehead atoms. The highest BCUT2D eigenvalue weighted by atomic mass is 16.5. The summed E-state index contributed by atoms with van der Waals surface area (Å²) < 4.78 is 5.76. The average Bonchev–Trinajstić information content (AvgIpc) is 2.46. The van der Waals surface area contributed by atoms with Gasteiger partial charge in [0.05, 0.1) is 6.61 Å². The summed E-state index contributed by atoms with van der Waals surface area (Å²) in [6.45, 7) is 10.7. The summed E-state index contributed by atoms with van der Waals surface area (Å²) in [4.78, 5) is 0. The molecule has 1 N–H and O–H groups in total. The molecule has 0 radical (unpaired) electrons. The summed E-state index contributed by atoms with van der Waals surface area (Å²) in [6.07, 6.45) is 2.46. The van der Waals surface area contributed by atoms with Gasteiger partial charge in [0, 0.05) is 6.54 Å². The van der Waals surface area contributed by atoms with E-state index in [0.717, 1.165) is 24.8 Å². The Morgan fingerprint density at radius 2 is 1.65 bits per heavy atom. The number of rotatable bonds is 9. The van der Waals surface area contributed by atoms with E-state index in [2.05, 4.69) is 57.3 Å². The molecular formula is C18H31NO. The van der Waals surface area contributed by atoms with Gasteiger partial charge in [-0.3, -0.25) is 0 Å². The zero-order valence-electron chi connectivity index (χ0n) is 13.8. The minimum Gasteiger partial charge on any atom is -0.493 e.